The Hall–Kier alpha value is -1.89. The number of carboxylic acid groups (broad SMARTS) is 1. The molecular formula is C23H32O6. The Morgan fingerprint density at radius 2 is 2.07 bits per heavy atom. The fourth-order valence-corrected chi connectivity index (χ4v) is 4.51. The average molecular weight is 405 g/mol. The predicted molar refractivity (Wildman–Crippen MR) is 109 cm³/mol. The molecule has 0 aromatic heterocycles. The monoisotopic (exact) mass is 404 g/mol. The molecule has 2 aliphatic rings. The minimum absolute atomic E-state index is 0.00492. The van der Waals surface area contributed by atoms with E-state index in [4.69, 9.17) is 14.6 Å². The maximum atomic E-state index is 10.7. The molecule has 29 heavy (non-hydrogen) atoms. The van der Waals surface area contributed by atoms with Crippen LogP contribution in [0.15, 0.2) is 42.5 Å². The highest BCUT2D eigenvalue weighted by Crippen LogP contribution is 2.42. The molecule has 1 saturated carbocycles. The number of hydrogen-bond donors (Lipinski definition) is 3. The Kier molecular flexibility index (Phi) is 8.09. The molecule has 160 valence electrons. The van der Waals surface area contributed by atoms with Crippen molar-refractivity contribution in [3.63, 3.8) is 0 Å². The van der Waals surface area contributed by atoms with Crippen molar-refractivity contribution < 1.29 is 29.6 Å². The maximum Gasteiger partial charge on any atom is 0.303 e. The van der Waals surface area contributed by atoms with Crippen molar-refractivity contribution in [2.45, 2.75) is 69.4 Å². The van der Waals surface area contributed by atoms with E-state index in [1.54, 1.807) is 6.08 Å². The third-order valence-electron chi connectivity index (χ3n) is 5.96. The van der Waals surface area contributed by atoms with Crippen LogP contribution in [-0.2, 0) is 9.53 Å². The lowest BCUT2D eigenvalue weighted by Crippen LogP contribution is -2.24. The van der Waals surface area contributed by atoms with Crippen molar-refractivity contribution in [1.82, 2.24) is 0 Å². The summed E-state index contributed by atoms with van der Waals surface area (Å²) in [7, 11) is 0. The molecule has 1 aliphatic heterocycles. The van der Waals surface area contributed by atoms with Gasteiger partial charge in [0.05, 0.1) is 18.3 Å². The van der Waals surface area contributed by atoms with E-state index in [9.17, 15) is 15.0 Å². The lowest BCUT2D eigenvalue weighted by Gasteiger charge is -2.23. The minimum atomic E-state index is -0.771. The zero-order valence-electron chi connectivity index (χ0n) is 16.7. The molecule has 6 atom stereocenters. The van der Waals surface area contributed by atoms with Crippen LogP contribution in [0.25, 0.3) is 0 Å². The Morgan fingerprint density at radius 3 is 2.83 bits per heavy atom. The molecule has 0 spiro atoms. The van der Waals surface area contributed by atoms with Gasteiger partial charge in [-0.2, -0.15) is 0 Å². The van der Waals surface area contributed by atoms with Gasteiger partial charge in [-0.1, -0.05) is 36.8 Å². The van der Waals surface area contributed by atoms with Crippen molar-refractivity contribution in [3.05, 3.63) is 42.5 Å². The van der Waals surface area contributed by atoms with E-state index in [1.165, 1.54) is 0 Å². The van der Waals surface area contributed by atoms with Crippen LogP contribution in [0.5, 0.6) is 5.75 Å². The van der Waals surface area contributed by atoms with Gasteiger partial charge >= 0.3 is 5.97 Å². The number of fused-ring (bicyclic) bond motifs is 1. The van der Waals surface area contributed by atoms with Crippen LogP contribution < -0.4 is 4.74 Å². The van der Waals surface area contributed by atoms with E-state index < -0.39 is 18.2 Å². The zero-order chi connectivity index (χ0) is 20.6. The molecule has 2 fully saturated rings. The van der Waals surface area contributed by atoms with Gasteiger partial charge in [-0.3, -0.25) is 4.79 Å². The number of carboxylic acids is 1. The van der Waals surface area contributed by atoms with Crippen LogP contribution in [0.3, 0.4) is 0 Å². The van der Waals surface area contributed by atoms with Crippen molar-refractivity contribution in [3.8, 4) is 5.75 Å². The second kappa shape index (κ2) is 10.8. The Morgan fingerprint density at radius 1 is 1.28 bits per heavy atom. The summed E-state index contributed by atoms with van der Waals surface area (Å²) in [6, 6.07) is 9.36. The molecule has 0 radical (unpaired) electrons. The van der Waals surface area contributed by atoms with E-state index in [1.807, 2.05) is 36.4 Å². The van der Waals surface area contributed by atoms with Gasteiger partial charge in [0, 0.05) is 18.8 Å². The van der Waals surface area contributed by atoms with Crippen LogP contribution in [0.1, 0.15) is 44.9 Å². The number of benzene rings is 1. The maximum absolute atomic E-state index is 10.7. The molecule has 3 rings (SSSR count). The number of rotatable bonds is 9. The minimum Gasteiger partial charge on any atom is -0.491 e. The molecule has 0 amide bonds. The molecule has 3 N–H and O–H groups in total. The number of aliphatic hydroxyl groups excluding tert-OH is 2. The fourth-order valence-electron chi connectivity index (χ4n) is 4.51. The van der Waals surface area contributed by atoms with Gasteiger partial charge in [-0.05, 0) is 43.7 Å². The van der Waals surface area contributed by atoms with E-state index in [-0.39, 0.29) is 37.1 Å². The quantitative estimate of drug-likeness (QED) is 0.547. The molecule has 0 unspecified atom stereocenters. The molecule has 6 heteroatoms. The van der Waals surface area contributed by atoms with E-state index >= 15 is 0 Å². The first-order chi connectivity index (χ1) is 14.0. The summed E-state index contributed by atoms with van der Waals surface area (Å²) in [5.74, 6) is 0.136. The normalized spacial score (nSPS) is 30.6. The molecule has 1 saturated heterocycles. The highest BCUT2D eigenvalue weighted by Gasteiger charge is 2.43. The van der Waals surface area contributed by atoms with Gasteiger partial charge < -0.3 is 24.8 Å². The average Bonchev–Trinajstić information content (AvgIpc) is 2.85. The summed E-state index contributed by atoms with van der Waals surface area (Å²) in [6.07, 6.45) is 7.54. The van der Waals surface area contributed by atoms with Gasteiger partial charge in [-0.25, -0.2) is 0 Å². The lowest BCUT2D eigenvalue weighted by atomic mass is 9.88. The van der Waals surface area contributed by atoms with Gasteiger partial charge in [0.25, 0.3) is 0 Å². The first-order valence-corrected chi connectivity index (χ1v) is 10.6. The number of para-hydroxylation sites is 1. The Balaban J connectivity index is 1.50. The van der Waals surface area contributed by atoms with Gasteiger partial charge in [0.15, 0.2) is 0 Å². The van der Waals surface area contributed by atoms with Gasteiger partial charge in [0.1, 0.15) is 18.5 Å². The molecular weight excluding hydrogens is 372 g/mol. The number of aliphatic hydroxyl groups is 2. The molecule has 1 aromatic rings. The van der Waals surface area contributed by atoms with E-state index in [0.29, 0.717) is 18.6 Å². The van der Waals surface area contributed by atoms with Crippen molar-refractivity contribution >= 4 is 5.97 Å². The summed E-state index contributed by atoms with van der Waals surface area (Å²) in [5.41, 5.74) is 0. The molecule has 0 bridgehead atoms. The standard InChI is InChI=1S/C23H32O6/c24-16(15-28-17-6-2-1-3-7-17)12-13-19-20-10-4-8-18(9-5-11-23(26)27)29-22(20)14-21(19)25/h1-3,6-7,12-13,16,18-22,24-25H,4-5,8-11,14-15H2,(H,26,27)/b13-12+/t16-,18-,19-,20-,21-,22+/m1/s1. The van der Waals surface area contributed by atoms with Crippen molar-refractivity contribution in [2.24, 2.45) is 11.8 Å². The van der Waals surface area contributed by atoms with Crippen LogP contribution in [0.4, 0.5) is 0 Å². The smallest absolute Gasteiger partial charge is 0.303 e. The highest BCUT2D eigenvalue weighted by molar-refractivity contribution is 5.66. The Bertz CT molecular complexity index is 661. The number of aliphatic carboxylic acids is 1. The summed E-state index contributed by atoms with van der Waals surface area (Å²) in [6.45, 7) is 0.166. The Labute approximate surface area is 172 Å². The van der Waals surface area contributed by atoms with E-state index in [2.05, 4.69) is 0 Å². The highest BCUT2D eigenvalue weighted by atomic mass is 16.5. The van der Waals surface area contributed by atoms with Gasteiger partial charge in [-0.15, -0.1) is 0 Å². The van der Waals surface area contributed by atoms with Crippen LogP contribution in [-0.4, -0.2) is 52.3 Å². The van der Waals surface area contributed by atoms with Crippen LogP contribution in [0, 0.1) is 11.8 Å². The first kappa shape index (κ1) is 21.8. The topological polar surface area (TPSA) is 96.2 Å². The van der Waals surface area contributed by atoms with Crippen LogP contribution in [0.2, 0.25) is 0 Å². The number of carbonyl (C=O) groups is 1. The number of ether oxygens (including phenoxy) is 2. The second-order valence-corrected chi connectivity index (χ2v) is 8.13. The van der Waals surface area contributed by atoms with Gasteiger partial charge in [0.2, 0.25) is 0 Å². The summed E-state index contributed by atoms with van der Waals surface area (Å²) < 4.78 is 11.8. The second-order valence-electron chi connectivity index (χ2n) is 8.13. The fraction of sp³-hybridized carbons (Fsp3) is 0.609. The number of hydrogen-bond acceptors (Lipinski definition) is 5. The largest absolute Gasteiger partial charge is 0.491 e. The van der Waals surface area contributed by atoms with Crippen molar-refractivity contribution in [2.75, 3.05) is 6.61 Å². The molecule has 1 aromatic carbocycles. The predicted octanol–water partition coefficient (Wildman–Crippen LogP) is 3.17. The third kappa shape index (κ3) is 6.56. The van der Waals surface area contributed by atoms with Crippen molar-refractivity contribution in [1.29, 1.82) is 0 Å². The van der Waals surface area contributed by atoms with E-state index in [0.717, 1.165) is 25.7 Å². The summed E-state index contributed by atoms with van der Waals surface area (Å²) in [5, 5.41) is 29.6. The molecule has 1 aliphatic carbocycles. The summed E-state index contributed by atoms with van der Waals surface area (Å²) in [4.78, 5) is 10.7. The summed E-state index contributed by atoms with van der Waals surface area (Å²) >= 11 is 0. The third-order valence-corrected chi connectivity index (χ3v) is 5.96. The molecule has 6 nitrogen and oxygen atoms in total. The molecule has 1 heterocycles. The SMILES string of the molecule is O=C(O)CCC[C@H]1CCC[C@@H]2[C@@H](/C=C/[C@@H](O)COc3ccccc3)[C@H](O)C[C@@H]2O1. The lowest BCUT2D eigenvalue weighted by molar-refractivity contribution is -0.137. The van der Waals surface area contributed by atoms with Crippen LogP contribution >= 0.6 is 0 Å². The zero-order valence-corrected chi connectivity index (χ0v) is 16.7. The first-order valence-electron chi connectivity index (χ1n) is 10.6.